The van der Waals surface area contributed by atoms with Gasteiger partial charge in [-0.2, -0.15) is 10.1 Å². The van der Waals surface area contributed by atoms with Gasteiger partial charge in [0, 0.05) is 17.8 Å². The second kappa shape index (κ2) is 8.23. The minimum Gasteiger partial charge on any atom is -0.309 e. The second-order valence-electron chi connectivity index (χ2n) is 6.21. The molecule has 1 amide bonds. The SMILES string of the molecule is Cc1ccc(-c2nnn(C(C)C(=O)N(CCC#N)c3ccccc3)n2)cc1. The quantitative estimate of drug-likeness (QED) is 0.674. The molecule has 3 rings (SSSR count). The van der Waals surface area contributed by atoms with Gasteiger partial charge in [-0.1, -0.05) is 48.0 Å². The number of para-hydroxylation sites is 1. The maximum atomic E-state index is 13.0. The molecule has 0 N–H and O–H groups in total. The molecule has 0 aliphatic rings. The van der Waals surface area contributed by atoms with Crippen LogP contribution in [0.15, 0.2) is 54.6 Å². The van der Waals surface area contributed by atoms with Gasteiger partial charge in [0.2, 0.25) is 5.82 Å². The summed E-state index contributed by atoms with van der Waals surface area (Å²) in [5, 5.41) is 21.4. The molecule has 2 aromatic carbocycles. The highest BCUT2D eigenvalue weighted by Crippen LogP contribution is 2.20. The molecule has 0 spiro atoms. The van der Waals surface area contributed by atoms with Crippen molar-refractivity contribution in [2.24, 2.45) is 0 Å². The molecule has 7 heteroatoms. The summed E-state index contributed by atoms with van der Waals surface area (Å²) in [7, 11) is 0. The maximum absolute atomic E-state index is 13.0. The summed E-state index contributed by atoms with van der Waals surface area (Å²) in [6, 6.07) is 18.5. The lowest BCUT2D eigenvalue weighted by atomic mass is 10.1. The summed E-state index contributed by atoms with van der Waals surface area (Å²) in [6.45, 7) is 4.04. The molecular weight excluding hydrogens is 340 g/mol. The van der Waals surface area contributed by atoms with Crippen LogP contribution in [-0.4, -0.2) is 32.7 Å². The summed E-state index contributed by atoms with van der Waals surface area (Å²) < 4.78 is 0. The van der Waals surface area contributed by atoms with Crippen molar-refractivity contribution >= 4 is 11.6 Å². The number of aromatic nitrogens is 4. The van der Waals surface area contributed by atoms with Crippen LogP contribution in [0.3, 0.4) is 0 Å². The van der Waals surface area contributed by atoms with Crippen LogP contribution in [0, 0.1) is 18.3 Å². The van der Waals surface area contributed by atoms with Crippen LogP contribution >= 0.6 is 0 Å². The summed E-state index contributed by atoms with van der Waals surface area (Å²) in [5.74, 6) is 0.280. The average Bonchev–Trinajstić information content (AvgIpc) is 3.19. The van der Waals surface area contributed by atoms with E-state index >= 15 is 0 Å². The molecule has 0 radical (unpaired) electrons. The van der Waals surface area contributed by atoms with Gasteiger partial charge in [0.05, 0.1) is 12.5 Å². The van der Waals surface area contributed by atoms with Crippen molar-refractivity contribution in [3.05, 3.63) is 60.2 Å². The van der Waals surface area contributed by atoms with E-state index in [1.807, 2.05) is 61.5 Å². The van der Waals surface area contributed by atoms with Gasteiger partial charge in [-0.15, -0.1) is 10.2 Å². The van der Waals surface area contributed by atoms with Crippen molar-refractivity contribution in [3.63, 3.8) is 0 Å². The third-order valence-electron chi connectivity index (χ3n) is 4.22. The summed E-state index contributed by atoms with van der Waals surface area (Å²) in [4.78, 5) is 15.9. The number of amides is 1. The van der Waals surface area contributed by atoms with Gasteiger partial charge in [-0.05, 0) is 31.2 Å². The third-order valence-corrected chi connectivity index (χ3v) is 4.22. The first-order chi connectivity index (χ1) is 13.1. The van der Waals surface area contributed by atoms with Gasteiger partial charge in [0.25, 0.3) is 5.91 Å². The molecule has 7 nitrogen and oxygen atoms in total. The van der Waals surface area contributed by atoms with Crippen molar-refractivity contribution in [1.82, 2.24) is 20.2 Å². The first-order valence-electron chi connectivity index (χ1n) is 8.70. The Balaban J connectivity index is 1.83. The van der Waals surface area contributed by atoms with E-state index in [0.717, 1.165) is 16.8 Å². The van der Waals surface area contributed by atoms with Crippen molar-refractivity contribution in [1.29, 1.82) is 5.26 Å². The molecule has 1 aromatic heterocycles. The monoisotopic (exact) mass is 360 g/mol. The summed E-state index contributed by atoms with van der Waals surface area (Å²) in [6.07, 6.45) is 0.243. The number of benzene rings is 2. The lowest BCUT2D eigenvalue weighted by Crippen LogP contribution is -2.37. The van der Waals surface area contributed by atoms with Gasteiger partial charge in [-0.25, -0.2) is 0 Å². The Morgan fingerprint density at radius 3 is 2.56 bits per heavy atom. The number of nitriles is 1. The second-order valence-corrected chi connectivity index (χ2v) is 6.21. The van der Waals surface area contributed by atoms with Crippen LogP contribution in [0.1, 0.15) is 24.9 Å². The average molecular weight is 360 g/mol. The molecule has 27 heavy (non-hydrogen) atoms. The first-order valence-corrected chi connectivity index (χ1v) is 8.70. The van der Waals surface area contributed by atoms with Gasteiger partial charge in [-0.3, -0.25) is 4.79 Å². The lowest BCUT2D eigenvalue weighted by Gasteiger charge is -2.24. The number of rotatable bonds is 6. The van der Waals surface area contributed by atoms with Crippen molar-refractivity contribution < 1.29 is 4.79 Å². The molecule has 0 bridgehead atoms. The minimum absolute atomic E-state index is 0.190. The third kappa shape index (κ3) is 4.18. The fraction of sp³-hybridized carbons (Fsp3) is 0.250. The van der Waals surface area contributed by atoms with Crippen LogP contribution in [0.4, 0.5) is 5.69 Å². The normalized spacial score (nSPS) is 11.6. The van der Waals surface area contributed by atoms with Gasteiger partial charge in [0.1, 0.15) is 6.04 Å². The zero-order chi connectivity index (χ0) is 19.2. The van der Waals surface area contributed by atoms with E-state index < -0.39 is 6.04 Å². The summed E-state index contributed by atoms with van der Waals surface area (Å²) >= 11 is 0. The zero-order valence-electron chi connectivity index (χ0n) is 15.3. The maximum Gasteiger partial charge on any atom is 0.253 e. The van der Waals surface area contributed by atoms with E-state index in [1.54, 1.807) is 11.8 Å². The number of tetrazole rings is 1. The fourth-order valence-electron chi connectivity index (χ4n) is 2.67. The molecule has 0 fully saturated rings. The van der Waals surface area contributed by atoms with Gasteiger partial charge < -0.3 is 4.90 Å². The summed E-state index contributed by atoms with van der Waals surface area (Å²) in [5.41, 5.74) is 2.73. The van der Waals surface area contributed by atoms with Crippen LogP contribution < -0.4 is 4.90 Å². The predicted octanol–water partition coefficient (Wildman–Crippen LogP) is 3.16. The standard InChI is InChI=1S/C20H20N6O/c1-15-9-11-17(12-10-15)19-22-24-26(23-19)16(2)20(27)25(14-6-13-21)18-7-4-3-5-8-18/h3-5,7-12,16H,6,14H2,1-2H3. The molecule has 3 aromatic rings. The number of hydrogen-bond acceptors (Lipinski definition) is 5. The van der Waals surface area contributed by atoms with Crippen molar-refractivity contribution in [3.8, 4) is 17.5 Å². The Morgan fingerprint density at radius 1 is 1.19 bits per heavy atom. The number of carbonyl (C=O) groups excluding carboxylic acids is 1. The van der Waals surface area contributed by atoms with Crippen molar-refractivity contribution in [2.45, 2.75) is 26.3 Å². The number of carbonyl (C=O) groups is 1. The van der Waals surface area contributed by atoms with Gasteiger partial charge >= 0.3 is 0 Å². The molecule has 0 aliphatic heterocycles. The zero-order valence-corrected chi connectivity index (χ0v) is 15.3. The fourth-order valence-corrected chi connectivity index (χ4v) is 2.67. The smallest absolute Gasteiger partial charge is 0.253 e. The Kier molecular flexibility index (Phi) is 5.57. The van der Waals surface area contributed by atoms with E-state index in [2.05, 4.69) is 21.5 Å². The largest absolute Gasteiger partial charge is 0.309 e. The van der Waals surface area contributed by atoms with E-state index in [9.17, 15) is 4.79 Å². The predicted molar refractivity (Wildman–Crippen MR) is 102 cm³/mol. The van der Waals surface area contributed by atoms with Crippen LogP contribution in [-0.2, 0) is 4.79 Å². The van der Waals surface area contributed by atoms with Crippen molar-refractivity contribution in [2.75, 3.05) is 11.4 Å². The molecule has 1 atom stereocenters. The minimum atomic E-state index is -0.643. The van der Waals surface area contributed by atoms with E-state index in [1.165, 1.54) is 4.80 Å². The Labute approximate surface area is 157 Å². The lowest BCUT2D eigenvalue weighted by molar-refractivity contribution is -0.121. The molecule has 0 saturated heterocycles. The van der Waals surface area contributed by atoms with Gasteiger partial charge in [0.15, 0.2) is 0 Å². The van der Waals surface area contributed by atoms with Crippen LogP contribution in [0.5, 0.6) is 0 Å². The van der Waals surface area contributed by atoms with E-state index in [-0.39, 0.29) is 12.3 Å². The van der Waals surface area contributed by atoms with Crippen LogP contribution in [0.25, 0.3) is 11.4 Å². The molecule has 0 aliphatic carbocycles. The Hall–Kier alpha value is -3.53. The molecule has 0 saturated carbocycles. The molecule has 1 unspecified atom stereocenters. The Morgan fingerprint density at radius 2 is 1.89 bits per heavy atom. The first kappa shape index (κ1) is 18.3. The molecule has 136 valence electrons. The number of hydrogen-bond donors (Lipinski definition) is 0. The Bertz CT molecular complexity index is 943. The molecular formula is C20H20N6O. The highest BCUT2D eigenvalue weighted by atomic mass is 16.2. The number of aryl methyl sites for hydroxylation is 1. The highest BCUT2D eigenvalue weighted by Gasteiger charge is 2.25. The van der Waals surface area contributed by atoms with Crippen LogP contribution in [0.2, 0.25) is 0 Å². The van der Waals surface area contributed by atoms with E-state index in [0.29, 0.717) is 12.4 Å². The topological polar surface area (TPSA) is 87.7 Å². The number of nitrogens with zero attached hydrogens (tertiary/aromatic N) is 6. The van der Waals surface area contributed by atoms with E-state index in [4.69, 9.17) is 5.26 Å². The molecule has 1 heterocycles. The highest BCUT2D eigenvalue weighted by molar-refractivity contribution is 5.95. The number of anilines is 1.